The van der Waals surface area contributed by atoms with Crippen LogP contribution >= 0.6 is 10.0 Å². The van der Waals surface area contributed by atoms with Crippen molar-refractivity contribution in [2.24, 2.45) is 11.8 Å². The molecule has 2 saturated carbocycles. The van der Waals surface area contributed by atoms with Gasteiger partial charge < -0.3 is 10.1 Å². The SMILES string of the molecule is CC(C)(C)OC(=O)N[C@@H]1CC[C@H]2C(S(C)(C)C)[C@@H]12. The predicted octanol–water partition coefficient (Wildman–Crippen LogP) is 2.98. The molecule has 0 heterocycles. The fourth-order valence-electron chi connectivity index (χ4n) is 3.44. The van der Waals surface area contributed by atoms with E-state index >= 15 is 0 Å². The van der Waals surface area contributed by atoms with E-state index in [-0.39, 0.29) is 6.09 Å². The first-order chi connectivity index (χ1) is 8.09. The minimum atomic E-state index is -0.485. The number of ether oxygens (including phenoxy) is 1. The third-order valence-corrected chi connectivity index (χ3v) is 6.25. The summed E-state index contributed by atoms with van der Waals surface area (Å²) in [6, 6.07) is 0.349. The summed E-state index contributed by atoms with van der Waals surface area (Å²) in [6.07, 6.45) is 9.32. The lowest BCUT2D eigenvalue weighted by molar-refractivity contribution is 0.0500. The van der Waals surface area contributed by atoms with Crippen LogP contribution in [0.5, 0.6) is 0 Å². The van der Waals surface area contributed by atoms with E-state index < -0.39 is 15.6 Å². The summed E-state index contributed by atoms with van der Waals surface area (Å²) in [5, 5.41) is 3.93. The second-order valence-electron chi connectivity index (χ2n) is 7.47. The van der Waals surface area contributed by atoms with Gasteiger partial charge >= 0.3 is 6.09 Å². The molecule has 2 aliphatic rings. The Balaban J connectivity index is 1.87. The van der Waals surface area contributed by atoms with Crippen molar-refractivity contribution >= 4 is 16.1 Å². The molecule has 0 radical (unpaired) electrons. The summed E-state index contributed by atoms with van der Waals surface area (Å²) in [6.45, 7) is 5.72. The Morgan fingerprint density at radius 3 is 2.28 bits per heavy atom. The maximum absolute atomic E-state index is 11.8. The van der Waals surface area contributed by atoms with Crippen LogP contribution in [0, 0.1) is 11.8 Å². The van der Waals surface area contributed by atoms with Crippen molar-refractivity contribution in [1.82, 2.24) is 5.32 Å². The molecule has 4 atom stereocenters. The molecule has 1 N–H and O–H groups in total. The molecule has 0 aromatic rings. The van der Waals surface area contributed by atoms with E-state index in [1.165, 1.54) is 6.42 Å². The van der Waals surface area contributed by atoms with Gasteiger partial charge in [0.15, 0.2) is 0 Å². The number of alkyl carbamates (subject to hydrolysis) is 1. The lowest BCUT2D eigenvalue weighted by Crippen LogP contribution is -2.40. The van der Waals surface area contributed by atoms with Crippen LogP contribution < -0.4 is 5.32 Å². The lowest BCUT2D eigenvalue weighted by atomic mass is 10.2. The molecule has 1 amide bonds. The topological polar surface area (TPSA) is 38.3 Å². The lowest BCUT2D eigenvalue weighted by Gasteiger charge is -2.30. The highest BCUT2D eigenvalue weighted by atomic mass is 32.3. The highest BCUT2D eigenvalue weighted by Crippen LogP contribution is 2.67. The average molecular weight is 273 g/mol. The van der Waals surface area contributed by atoms with Gasteiger partial charge in [-0.25, -0.2) is 14.8 Å². The molecule has 0 aromatic carbocycles. The second kappa shape index (κ2) is 4.32. The number of nitrogens with one attached hydrogen (secondary N) is 1. The van der Waals surface area contributed by atoms with Crippen molar-refractivity contribution < 1.29 is 9.53 Å². The molecule has 4 heteroatoms. The Labute approximate surface area is 112 Å². The van der Waals surface area contributed by atoms with Crippen LogP contribution in [0.25, 0.3) is 0 Å². The minimum absolute atomic E-state index is 0.247. The standard InChI is InChI=1S/C14H27NO2S/c1-14(2,3)17-13(16)15-10-8-7-9-11(10)12(9)18(4,5)6/h9-12H,7-8H2,1-6H3,(H,15,16)/t9-,10-,11-,12?/m1/s1. The van der Waals surface area contributed by atoms with Crippen LogP contribution in [0.15, 0.2) is 0 Å². The predicted molar refractivity (Wildman–Crippen MR) is 78.5 cm³/mol. The van der Waals surface area contributed by atoms with Gasteiger partial charge in [0, 0.05) is 6.04 Å². The summed E-state index contributed by atoms with van der Waals surface area (Å²) in [7, 11) is -0.485. The zero-order valence-corrected chi connectivity index (χ0v) is 13.3. The molecule has 0 aliphatic heterocycles. The molecular weight excluding hydrogens is 246 g/mol. The van der Waals surface area contributed by atoms with Gasteiger partial charge in [0.1, 0.15) is 5.60 Å². The Hall–Kier alpha value is -0.380. The van der Waals surface area contributed by atoms with E-state index in [4.69, 9.17) is 4.74 Å². The Morgan fingerprint density at radius 2 is 1.83 bits per heavy atom. The molecule has 1 unspecified atom stereocenters. The summed E-state index contributed by atoms with van der Waals surface area (Å²) < 4.78 is 5.34. The molecule has 18 heavy (non-hydrogen) atoms. The van der Waals surface area contributed by atoms with Crippen LogP contribution in [0.3, 0.4) is 0 Å². The Kier molecular flexibility index (Phi) is 3.37. The highest BCUT2D eigenvalue weighted by Gasteiger charge is 2.61. The number of fused-ring (bicyclic) bond motifs is 1. The van der Waals surface area contributed by atoms with Gasteiger partial charge in [0.2, 0.25) is 0 Å². The van der Waals surface area contributed by atoms with Crippen LogP contribution in [-0.4, -0.2) is 41.8 Å². The number of carbonyl (C=O) groups excluding carboxylic acids is 1. The third kappa shape index (κ3) is 2.95. The molecule has 0 saturated heterocycles. The van der Waals surface area contributed by atoms with Crippen LogP contribution in [0.4, 0.5) is 4.79 Å². The fourth-order valence-corrected chi connectivity index (χ4v) is 6.05. The first-order valence-electron chi connectivity index (χ1n) is 6.76. The van der Waals surface area contributed by atoms with Gasteiger partial charge in [-0.15, -0.1) is 0 Å². The maximum atomic E-state index is 11.8. The number of rotatable bonds is 2. The Morgan fingerprint density at radius 1 is 1.22 bits per heavy atom. The largest absolute Gasteiger partial charge is 0.444 e. The summed E-state index contributed by atoms with van der Waals surface area (Å²) in [4.78, 5) is 11.8. The van der Waals surface area contributed by atoms with Crippen molar-refractivity contribution in [2.75, 3.05) is 18.8 Å². The second-order valence-corrected chi connectivity index (χ2v) is 11.9. The molecule has 0 aromatic heterocycles. The molecule has 2 rings (SSSR count). The van der Waals surface area contributed by atoms with Gasteiger partial charge in [-0.1, -0.05) is 0 Å². The number of hydrogen-bond acceptors (Lipinski definition) is 2. The van der Waals surface area contributed by atoms with Gasteiger partial charge in [-0.05, 0) is 69.5 Å². The quantitative estimate of drug-likeness (QED) is 0.840. The number of carbonyl (C=O) groups is 1. The van der Waals surface area contributed by atoms with E-state index in [2.05, 4.69) is 24.1 Å². The first-order valence-corrected chi connectivity index (χ1v) is 9.68. The van der Waals surface area contributed by atoms with E-state index in [0.29, 0.717) is 12.0 Å². The number of hydrogen-bond donors (Lipinski definition) is 1. The maximum Gasteiger partial charge on any atom is 0.407 e. The normalized spacial score (nSPS) is 35.9. The monoisotopic (exact) mass is 273 g/mol. The van der Waals surface area contributed by atoms with Gasteiger partial charge in [-0.3, -0.25) is 0 Å². The van der Waals surface area contributed by atoms with Gasteiger partial charge in [0.05, 0.1) is 0 Å². The molecule has 2 fully saturated rings. The molecule has 0 bridgehead atoms. The fraction of sp³-hybridized carbons (Fsp3) is 0.929. The van der Waals surface area contributed by atoms with Crippen LogP contribution in [-0.2, 0) is 4.74 Å². The zero-order valence-electron chi connectivity index (χ0n) is 12.4. The summed E-state index contributed by atoms with van der Waals surface area (Å²) in [5.74, 6) is 1.58. The van der Waals surface area contributed by atoms with E-state index in [0.717, 1.165) is 17.6 Å². The molecular formula is C14H27NO2S. The van der Waals surface area contributed by atoms with Crippen LogP contribution in [0.1, 0.15) is 33.6 Å². The minimum Gasteiger partial charge on any atom is -0.444 e. The summed E-state index contributed by atoms with van der Waals surface area (Å²) in [5.41, 5.74) is -0.402. The third-order valence-electron chi connectivity index (χ3n) is 3.95. The molecule has 2 aliphatic carbocycles. The van der Waals surface area contributed by atoms with Crippen molar-refractivity contribution in [3.05, 3.63) is 0 Å². The van der Waals surface area contributed by atoms with Crippen molar-refractivity contribution in [2.45, 2.75) is 50.5 Å². The van der Waals surface area contributed by atoms with Gasteiger partial charge in [-0.2, -0.15) is 0 Å². The van der Waals surface area contributed by atoms with Crippen LogP contribution in [0.2, 0.25) is 0 Å². The highest BCUT2D eigenvalue weighted by molar-refractivity contribution is 8.32. The molecule has 106 valence electrons. The first kappa shape index (κ1) is 14.0. The van der Waals surface area contributed by atoms with E-state index in [1.807, 2.05) is 20.8 Å². The zero-order chi connectivity index (χ0) is 13.7. The van der Waals surface area contributed by atoms with Gasteiger partial charge in [0.25, 0.3) is 0 Å². The Bertz CT molecular complexity index is 343. The molecule has 0 spiro atoms. The average Bonchev–Trinajstić information content (AvgIpc) is 2.73. The number of amides is 1. The smallest absolute Gasteiger partial charge is 0.407 e. The van der Waals surface area contributed by atoms with E-state index in [9.17, 15) is 4.79 Å². The summed E-state index contributed by atoms with van der Waals surface area (Å²) >= 11 is 0. The van der Waals surface area contributed by atoms with Crippen molar-refractivity contribution in [3.8, 4) is 0 Å². The van der Waals surface area contributed by atoms with Crippen molar-refractivity contribution in [3.63, 3.8) is 0 Å². The van der Waals surface area contributed by atoms with E-state index in [1.54, 1.807) is 0 Å². The van der Waals surface area contributed by atoms with Crippen molar-refractivity contribution in [1.29, 1.82) is 0 Å². The molecule has 3 nitrogen and oxygen atoms in total.